The molecule has 1 atom stereocenters. The number of benzene rings is 1. The van der Waals surface area contributed by atoms with Crippen LogP contribution >= 0.6 is 0 Å². The van der Waals surface area contributed by atoms with E-state index in [4.69, 9.17) is 0 Å². The smallest absolute Gasteiger partial charge is 0.381 e. The fraction of sp³-hybridized carbons (Fsp3) is 0.480. The quantitative estimate of drug-likeness (QED) is 0.377. The lowest BCUT2D eigenvalue weighted by Crippen LogP contribution is -2.31. The molecule has 0 aliphatic heterocycles. The molecule has 1 fully saturated rings. The molecular weight excluding hydrogens is 473 g/mol. The number of pyridine rings is 1. The van der Waals surface area contributed by atoms with Gasteiger partial charge < -0.3 is 10.6 Å². The summed E-state index contributed by atoms with van der Waals surface area (Å²) >= 11 is 0. The molecule has 1 saturated carbocycles. The van der Waals surface area contributed by atoms with Gasteiger partial charge in [0.15, 0.2) is 5.65 Å². The van der Waals surface area contributed by atoms with E-state index in [1.807, 2.05) is 13.8 Å². The molecule has 1 aromatic carbocycles. The second-order valence-corrected chi connectivity index (χ2v) is 9.05. The molecule has 0 saturated heterocycles. The largest absolute Gasteiger partial charge is 0.416 e. The highest BCUT2D eigenvalue weighted by molar-refractivity contribution is 6.06. The summed E-state index contributed by atoms with van der Waals surface area (Å²) in [5, 5.41) is 14.7. The van der Waals surface area contributed by atoms with Crippen molar-refractivity contribution in [3.8, 4) is 0 Å². The molecule has 1 aliphatic carbocycles. The minimum absolute atomic E-state index is 0.0574. The molecule has 0 radical (unpaired) electrons. The van der Waals surface area contributed by atoms with Gasteiger partial charge in [0.25, 0.3) is 5.91 Å². The number of nitroso groups, excluding NO2 is 1. The molecule has 2 heterocycles. The topological polar surface area (TPSA) is 101 Å². The van der Waals surface area contributed by atoms with Crippen LogP contribution in [0.4, 0.5) is 18.9 Å². The first-order chi connectivity index (χ1) is 17.2. The van der Waals surface area contributed by atoms with Gasteiger partial charge in [-0.25, -0.2) is 9.67 Å². The van der Waals surface area contributed by atoms with Crippen LogP contribution in [0.5, 0.6) is 0 Å². The van der Waals surface area contributed by atoms with Crippen LogP contribution < -0.4 is 10.6 Å². The normalized spacial score (nSPS) is 19.1. The number of carbonyl (C=O) groups is 1. The number of alkyl halides is 3. The van der Waals surface area contributed by atoms with E-state index >= 15 is 0 Å². The third kappa shape index (κ3) is 5.34. The third-order valence-corrected chi connectivity index (χ3v) is 6.76. The second kappa shape index (κ2) is 10.6. The zero-order valence-electron chi connectivity index (χ0n) is 20.2. The summed E-state index contributed by atoms with van der Waals surface area (Å²) in [5.74, 6) is -0.383. The minimum atomic E-state index is -4.42. The number of nitrogens with one attached hydrogen (secondary N) is 2. The lowest BCUT2D eigenvalue weighted by molar-refractivity contribution is -0.137. The molecular formula is C25H29F3N6O2. The van der Waals surface area contributed by atoms with E-state index in [0.29, 0.717) is 53.7 Å². The Labute approximate surface area is 206 Å². The number of carbonyl (C=O) groups excluding carboxylic acids is 1. The molecule has 2 N–H and O–H groups in total. The molecule has 1 amide bonds. The summed E-state index contributed by atoms with van der Waals surface area (Å²) in [6, 6.07) is 4.23. The van der Waals surface area contributed by atoms with Gasteiger partial charge in [-0.05, 0) is 56.7 Å². The Kier molecular flexibility index (Phi) is 7.56. The Morgan fingerprint density at radius 1 is 1.14 bits per heavy atom. The summed E-state index contributed by atoms with van der Waals surface area (Å²) in [6.07, 6.45) is 2.09. The number of hydrogen-bond donors (Lipinski definition) is 2. The van der Waals surface area contributed by atoms with Crippen molar-refractivity contribution in [1.29, 1.82) is 0 Å². The summed E-state index contributed by atoms with van der Waals surface area (Å²) in [4.78, 5) is 28.8. The highest BCUT2D eigenvalue weighted by Crippen LogP contribution is 2.32. The van der Waals surface area contributed by atoms with Crippen LogP contribution in [-0.2, 0) is 12.7 Å². The fourth-order valence-electron chi connectivity index (χ4n) is 4.68. The molecule has 1 unspecified atom stereocenters. The minimum Gasteiger partial charge on any atom is -0.381 e. The van der Waals surface area contributed by atoms with Crippen molar-refractivity contribution in [2.45, 2.75) is 76.8 Å². The standard InChI is InChI=1S/C25H29F3N6O2/c1-3-21(15-5-7-16(8-6-15)25(26,27)28)32-24(35)20-13-29-23-19(14-30-34(23)4-2)22(20)31-17-9-11-18(33-36)12-10-17/h5-8,13-14,17-18,21H,3-4,9-12H2,1-2H3,(H,29,31)(H,32,35). The average Bonchev–Trinajstić information content (AvgIpc) is 3.31. The number of amides is 1. The van der Waals surface area contributed by atoms with E-state index in [1.54, 1.807) is 10.9 Å². The van der Waals surface area contributed by atoms with E-state index < -0.39 is 17.8 Å². The third-order valence-electron chi connectivity index (χ3n) is 6.76. The summed E-state index contributed by atoms with van der Waals surface area (Å²) < 4.78 is 40.6. The van der Waals surface area contributed by atoms with Gasteiger partial charge in [-0.1, -0.05) is 24.2 Å². The number of fused-ring (bicyclic) bond motifs is 1. The van der Waals surface area contributed by atoms with Gasteiger partial charge in [0, 0.05) is 18.8 Å². The van der Waals surface area contributed by atoms with Crippen LogP contribution in [0, 0.1) is 4.91 Å². The first kappa shape index (κ1) is 25.6. The molecule has 0 bridgehead atoms. The van der Waals surface area contributed by atoms with Gasteiger partial charge in [0.2, 0.25) is 0 Å². The van der Waals surface area contributed by atoms with Crippen LogP contribution in [0.25, 0.3) is 11.0 Å². The van der Waals surface area contributed by atoms with Gasteiger partial charge in [-0.3, -0.25) is 4.79 Å². The first-order valence-corrected chi connectivity index (χ1v) is 12.2. The molecule has 8 nitrogen and oxygen atoms in total. The highest BCUT2D eigenvalue weighted by atomic mass is 19.4. The van der Waals surface area contributed by atoms with Gasteiger partial charge in [0.1, 0.15) is 0 Å². The van der Waals surface area contributed by atoms with E-state index in [9.17, 15) is 22.9 Å². The Morgan fingerprint density at radius 3 is 2.42 bits per heavy atom. The number of rotatable bonds is 8. The highest BCUT2D eigenvalue weighted by Gasteiger charge is 2.30. The summed E-state index contributed by atoms with van der Waals surface area (Å²) in [7, 11) is 0. The van der Waals surface area contributed by atoms with Crippen LogP contribution in [0.1, 0.15) is 73.5 Å². The van der Waals surface area contributed by atoms with Crippen molar-refractivity contribution in [2.24, 2.45) is 5.18 Å². The van der Waals surface area contributed by atoms with Crippen LogP contribution in [0.15, 0.2) is 41.8 Å². The number of halogens is 3. The fourth-order valence-corrected chi connectivity index (χ4v) is 4.68. The summed E-state index contributed by atoms with van der Waals surface area (Å²) in [6.45, 7) is 4.42. The van der Waals surface area contributed by atoms with Gasteiger partial charge >= 0.3 is 6.18 Å². The van der Waals surface area contributed by atoms with Crippen molar-refractivity contribution >= 4 is 22.6 Å². The maximum absolute atomic E-state index is 13.4. The zero-order chi connectivity index (χ0) is 25.9. The molecule has 3 aromatic rings. The van der Waals surface area contributed by atoms with Gasteiger partial charge in [-0.15, -0.1) is 0 Å². The Morgan fingerprint density at radius 2 is 1.83 bits per heavy atom. The number of aromatic nitrogens is 3. The molecule has 1 aliphatic rings. The molecule has 11 heteroatoms. The van der Waals surface area contributed by atoms with Crippen molar-refractivity contribution in [1.82, 2.24) is 20.1 Å². The molecule has 2 aromatic heterocycles. The lowest BCUT2D eigenvalue weighted by atomic mass is 9.91. The predicted octanol–water partition coefficient (Wildman–Crippen LogP) is 5.84. The summed E-state index contributed by atoms with van der Waals surface area (Å²) in [5.41, 5.74) is 1.44. The number of aryl methyl sites for hydroxylation is 1. The van der Waals surface area contributed by atoms with Crippen molar-refractivity contribution < 1.29 is 18.0 Å². The first-order valence-electron chi connectivity index (χ1n) is 12.2. The van der Waals surface area contributed by atoms with Crippen molar-refractivity contribution in [3.63, 3.8) is 0 Å². The maximum Gasteiger partial charge on any atom is 0.416 e. The van der Waals surface area contributed by atoms with E-state index in [2.05, 4.69) is 25.9 Å². The van der Waals surface area contributed by atoms with Crippen LogP contribution in [0.3, 0.4) is 0 Å². The Balaban J connectivity index is 1.61. The Hall–Kier alpha value is -3.50. The number of nitrogens with zero attached hydrogens (tertiary/aromatic N) is 4. The van der Waals surface area contributed by atoms with E-state index in [-0.39, 0.29) is 18.0 Å². The van der Waals surface area contributed by atoms with E-state index in [1.165, 1.54) is 18.3 Å². The molecule has 0 spiro atoms. The number of anilines is 1. The second-order valence-electron chi connectivity index (χ2n) is 9.05. The monoisotopic (exact) mass is 502 g/mol. The van der Waals surface area contributed by atoms with Crippen molar-refractivity contribution in [2.75, 3.05) is 5.32 Å². The molecule has 36 heavy (non-hydrogen) atoms. The lowest BCUT2D eigenvalue weighted by Gasteiger charge is -2.27. The van der Waals surface area contributed by atoms with Crippen molar-refractivity contribution in [3.05, 3.63) is 58.3 Å². The van der Waals surface area contributed by atoms with Gasteiger partial charge in [0.05, 0.1) is 40.5 Å². The number of hydrogen-bond acceptors (Lipinski definition) is 6. The molecule has 192 valence electrons. The van der Waals surface area contributed by atoms with Crippen LogP contribution in [0.2, 0.25) is 0 Å². The van der Waals surface area contributed by atoms with Gasteiger partial charge in [-0.2, -0.15) is 23.2 Å². The van der Waals surface area contributed by atoms with E-state index in [0.717, 1.165) is 25.0 Å². The maximum atomic E-state index is 13.4. The SMILES string of the molecule is CCC(NC(=O)c1cnc2c(cnn2CC)c1NC1CCC(N=O)CC1)c1ccc(C(F)(F)F)cc1. The molecule has 4 rings (SSSR count). The Bertz CT molecular complexity index is 1220. The average molecular weight is 503 g/mol. The van der Waals surface area contributed by atoms with Crippen LogP contribution in [-0.4, -0.2) is 32.8 Å². The predicted molar refractivity (Wildman–Crippen MR) is 131 cm³/mol. The zero-order valence-corrected chi connectivity index (χ0v) is 20.2.